The van der Waals surface area contributed by atoms with Gasteiger partial charge in [0.25, 0.3) is 10.0 Å². The third kappa shape index (κ3) is 4.26. The Labute approximate surface area is 215 Å². The van der Waals surface area contributed by atoms with Gasteiger partial charge in [0.05, 0.1) is 18.6 Å². The van der Waals surface area contributed by atoms with Crippen LogP contribution in [0.5, 0.6) is 5.75 Å². The number of carbonyl (C=O) groups excluding carboxylic acids is 1. The molecule has 1 aliphatic heterocycles. The van der Waals surface area contributed by atoms with Crippen molar-refractivity contribution in [2.45, 2.75) is 17.4 Å². The predicted molar refractivity (Wildman–Crippen MR) is 141 cm³/mol. The van der Waals surface area contributed by atoms with Crippen molar-refractivity contribution in [1.82, 2.24) is 4.31 Å². The molecule has 33 heavy (non-hydrogen) atoms. The zero-order chi connectivity index (χ0) is 23.8. The number of halogens is 2. The molecule has 0 radical (unpaired) electrons. The second kappa shape index (κ2) is 9.27. The van der Waals surface area contributed by atoms with Gasteiger partial charge in [0.15, 0.2) is 0 Å². The van der Waals surface area contributed by atoms with Crippen molar-refractivity contribution in [3.63, 3.8) is 0 Å². The van der Waals surface area contributed by atoms with Crippen LogP contribution in [-0.4, -0.2) is 36.8 Å². The minimum absolute atomic E-state index is 0.0874. The maximum atomic E-state index is 13.9. The number of methoxy groups -OCH3 is 1. The van der Waals surface area contributed by atoms with Crippen LogP contribution in [0.2, 0.25) is 0 Å². The molecule has 1 aliphatic rings. The molecule has 0 saturated carbocycles. The quantitative estimate of drug-likeness (QED) is 0.255. The Balaban J connectivity index is 1.89. The van der Waals surface area contributed by atoms with Gasteiger partial charge in [-0.1, -0.05) is 68.3 Å². The normalized spacial score (nSPS) is 18.6. The molecular formula is C24H22BrIN2O4S. The Bertz CT molecular complexity index is 1270. The Morgan fingerprint density at radius 1 is 1.00 bits per heavy atom. The SMILES string of the molecule is COc1ccc(N2C[C@@](CI)(c3ccc(Br)cc3)N(S(=O)(=O)c3ccc(C)cc3)C2=O)cc1. The lowest BCUT2D eigenvalue weighted by Gasteiger charge is -2.35. The van der Waals surface area contributed by atoms with Crippen LogP contribution < -0.4 is 9.64 Å². The zero-order valence-electron chi connectivity index (χ0n) is 18.0. The summed E-state index contributed by atoms with van der Waals surface area (Å²) in [6.07, 6.45) is 0. The molecule has 2 amide bonds. The van der Waals surface area contributed by atoms with Gasteiger partial charge in [0, 0.05) is 14.6 Å². The molecule has 4 rings (SSSR count). The maximum absolute atomic E-state index is 13.9. The van der Waals surface area contributed by atoms with E-state index in [9.17, 15) is 13.2 Å². The van der Waals surface area contributed by atoms with Crippen molar-refractivity contribution in [2.75, 3.05) is 23.0 Å². The standard InChI is InChI=1S/C24H22BrIN2O4S/c1-17-3-13-22(14-4-17)33(30,31)28-23(29)27(20-9-11-21(32-2)12-10-20)16-24(28,15-26)18-5-7-19(25)8-6-18/h3-14H,15-16H2,1-2H3/t24-/m0/s1. The number of urea groups is 1. The van der Waals surface area contributed by atoms with Gasteiger partial charge >= 0.3 is 6.03 Å². The van der Waals surface area contributed by atoms with E-state index in [1.807, 2.05) is 31.2 Å². The molecule has 9 heteroatoms. The lowest BCUT2D eigenvalue weighted by Crippen LogP contribution is -2.49. The van der Waals surface area contributed by atoms with Gasteiger partial charge in [-0.15, -0.1) is 0 Å². The van der Waals surface area contributed by atoms with Crippen molar-refractivity contribution in [2.24, 2.45) is 0 Å². The molecule has 1 heterocycles. The monoisotopic (exact) mass is 640 g/mol. The third-order valence-corrected chi connectivity index (χ3v) is 9.40. The summed E-state index contributed by atoms with van der Waals surface area (Å²) in [4.78, 5) is 15.4. The van der Waals surface area contributed by atoms with Crippen LogP contribution in [0, 0.1) is 6.92 Å². The average Bonchev–Trinajstić information content (AvgIpc) is 3.14. The molecule has 1 saturated heterocycles. The number of aryl methyl sites for hydroxylation is 1. The first-order valence-corrected chi connectivity index (χ1v) is 13.9. The number of benzene rings is 3. The van der Waals surface area contributed by atoms with Crippen LogP contribution in [0.3, 0.4) is 0 Å². The van der Waals surface area contributed by atoms with Crippen molar-refractivity contribution in [1.29, 1.82) is 0 Å². The Morgan fingerprint density at radius 3 is 2.15 bits per heavy atom. The molecule has 0 aromatic heterocycles. The minimum atomic E-state index is -4.14. The highest BCUT2D eigenvalue weighted by Crippen LogP contribution is 2.44. The summed E-state index contributed by atoms with van der Waals surface area (Å²) in [5, 5.41) is 0. The molecule has 1 atom stereocenters. The van der Waals surface area contributed by atoms with Crippen LogP contribution in [0.1, 0.15) is 11.1 Å². The van der Waals surface area contributed by atoms with E-state index in [2.05, 4.69) is 38.5 Å². The fraction of sp³-hybridized carbons (Fsp3) is 0.208. The minimum Gasteiger partial charge on any atom is -0.497 e. The summed E-state index contributed by atoms with van der Waals surface area (Å²) < 4.78 is 35.3. The molecule has 6 nitrogen and oxygen atoms in total. The zero-order valence-corrected chi connectivity index (χ0v) is 22.6. The molecule has 0 bridgehead atoms. The van der Waals surface area contributed by atoms with Crippen LogP contribution in [0.4, 0.5) is 10.5 Å². The van der Waals surface area contributed by atoms with Gasteiger partial charge in [0.2, 0.25) is 0 Å². The molecule has 0 unspecified atom stereocenters. The van der Waals surface area contributed by atoms with E-state index in [1.165, 1.54) is 4.90 Å². The number of rotatable bonds is 6. The Kier molecular flexibility index (Phi) is 6.75. The van der Waals surface area contributed by atoms with Gasteiger partial charge < -0.3 is 4.74 Å². The first-order valence-electron chi connectivity index (χ1n) is 10.1. The van der Waals surface area contributed by atoms with E-state index in [1.54, 1.807) is 55.6 Å². The Morgan fingerprint density at radius 2 is 1.61 bits per heavy atom. The topological polar surface area (TPSA) is 66.9 Å². The van der Waals surface area contributed by atoms with Gasteiger partial charge in [-0.2, -0.15) is 0 Å². The highest BCUT2D eigenvalue weighted by Gasteiger charge is 2.56. The van der Waals surface area contributed by atoms with E-state index in [-0.39, 0.29) is 11.4 Å². The van der Waals surface area contributed by atoms with Gasteiger partial charge in [-0.3, -0.25) is 4.90 Å². The van der Waals surface area contributed by atoms with Crippen LogP contribution >= 0.6 is 38.5 Å². The molecule has 3 aromatic carbocycles. The molecule has 0 N–H and O–H groups in total. The highest BCUT2D eigenvalue weighted by atomic mass is 127. The summed E-state index contributed by atoms with van der Waals surface area (Å²) in [7, 11) is -2.57. The Hall–Kier alpha value is -2.11. The second-order valence-corrected chi connectivity index (χ2v) is 11.3. The van der Waals surface area contributed by atoms with Crippen molar-refractivity contribution >= 4 is 60.3 Å². The van der Waals surface area contributed by atoms with Gasteiger partial charge in [-0.05, 0) is 61.0 Å². The van der Waals surface area contributed by atoms with Crippen molar-refractivity contribution in [3.8, 4) is 5.75 Å². The average molecular weight is 641 g/mol. The number of amides is 2. The van der Waals surface area contributed by atoms with Crippen molar-refractivity contribution < 1.29 is 17.9 Å². The fourth-order valence-corrected chi connectivity index (χ4v) is 7.14. The van der Waals surface area contributed by atoms with Gasteiger partial charge in [-0.25, -0.2) is 17.5 Å². The maximum Gasteiger partial charge on any atom is 0.339 e. The summed E-state index contributed by atoms with van der Waals surface area (Å²) in [5.74, 6) is 0.655. The number of alkyl halides is 1. The van der Waals surface area contributed by atoms with E-state index >= 15 is 0 Å². The molecule has 1 fully saturated rings. The number of carbonyl (C=O) groups is 1. The van der Waals surface area contributed by atoms with Gasteiger partial charge in [0.1, 0.15) is 11.3 Å². The number of ether oxygens (including phenoxy) is 1. The first-order chi connectivity index (χ1) is 15.7. The third-order valence-electron chi connectivity index (χ3n) is 5.76. The highest BCUT2D eigenvalue weighted by molar-refractivity contribution is 14.1. The van der Waals surface area contributed by atoms with E-state index in [4.69, 9.17) is 4.74 Å². The first kappa shape index (κ1) is 24.0. The summed E-state index contributed by atoms with van der Waals surface area (Å²) in [6.45, 7) is 2.08. The summed E-state index contributed by atoms with van der Waals surface area (Å²) in [6, 6.07) is 20.5. The van der Waals surface area contributed by atoms with Crippen LogP contribution in [0.15, 0.2) is 82.2 Å². The number of hydrogen-bond acceptors (Lipinski definition) is 4. The number of nitrogens with zero attached hydrogens (tertiary/aromatic N) is 2. The summed E-state index contributed by atoms with van der Waals surface area (Å²) >= 11 is 5.61. The second-order valence-electron chi connectivity index (χ2n) is 7.82. The van der Waals surface area contributed by atoms with Crippen LogP contribution in [0.25, 0.3) is 0 Å². The predicted octanol–water partition coefficient (Wildman–Crippen LogP) is 5.73. The smallest absolute Gasteiger partial charge is 0.339 e. The lowest BCUT2D eigenvalue weighted by molar-refractivity contribution is 0.221. The lowest BCUT2D eigenvalue weighted by atomic mass is 9.93. The molecule has 3 aromatic rings. The van der Waals surface area contributed by atoms with E-state index in [0.29, 0.717) is 15.9 Å². The number of sulfonamides is 1. The molecule has 172 valence electrons. The largest absolute Gasteiger partial charge is 0.497 e. The number of hydrogen-bond donors (Lipinski definition) is 0. The van der Waals surface area contributed by atoms with Crippen molar-refractivity contribution in [3.05, 3.63) is 88.4 Å². The van der Waals surface area contributed by atoms with E-state index in [0.717, 1.165) is 19.9 Å². The number of anilines is 1. The fourth-order valence-electron chi connectivity index (χ4n) is 3.94. The molecule has 0 spiro atoms. The van der Waals surface area contributed by atoms with Crippen LogP contribution in [-0.2, 0) is 15.6 Å². The summed E-state index contributed by atoms with van der Waals surface area (Å²) in [5.41, 5.74) is 1.21. The van der Waals surface area contributed by atoms with E-state index < -0.39 is 21.6 Å². The molecular weight excluding hydrogens is 619 g/mol. The molecule has 0 aliphatic carbocycles.